The first kappa shape index (κ1) is 17.7. The molecule has 1 unspecified atom stereocenters. The molecule has 1 aromatic rings. The first-order valence-electron chi connectivity index (χ1n) is 6.69. The lowest BCUT2D eigenvalue weighted by molar-refractivity contribution is 0.156. The summed E-state index contributed by atoms with van der Waals surface area (Å²) >= 11 is 12.3. The Morgan fingerprint density at radius 1 is 1.15 bits per heavy atom. The normalized spacial score (nSPS) is 12.9. The number of halogens is 2. The Labute approximate surface area is 130 Å². The maximum atomic E-state index is 9.01. The number of aliphatic hydroxyl groups excluding tert-OH is 2. The van der Waals surface area contributed by atoms with E-state index >= 15 is 0 Å². The molecular formula is C14H22Cl2N2O2. The molecule has 0 aromatic heterocycles. The van der Waals surface area contributed by atoms with E-state index in [0.29, 0.717) is 23.1 Å². The molecule has 1 aromatic carbocycles. The second-order valence-electron chi connectivity index (χ2n) is 4.56. The molecule has 1 atom stereocenters. The van der Waals surface area contributed by atoms with Crippen LogP contribution in [-0.4, -0.2) is 55.0 Å². The van der Waals surface area contributed by atoms with Gasteiger partial charge >= 0.3 is 0 Å². The number of benzene rings is 1. The Hall–Kier alpha value is -0.360. The maximum Gasteiger partial charge on any atom is 0.0640 e. The summed E-state index contributed by atoms with van der Waals surface area (Å²) in [5.74, 6) is 0. The van der Waals surface area contributed by atoms with Crippen LogP contribution in [0.4, 0.5) is 0 Å². The highest BCUT2D eigenvalue weighted by Crippen LogP contribution is 2.31. The quantitative estimate of drug-likeness (QED) is 0.651. The van der Waals surface area contributed by atoms with E-state index in [9.17, 15) is 0 Å². The summed E-state index contributed by atoms with van der Waals surface area (Å²) in [4.78, 5) is 2.02. The lowest BCUT2D eigenvalue weighted by Gasteiger charge is -2.24. The van der Waals surface area contributed by atoms with E-state index in [2.05, 4.69) is 5.32 Å². The fourth-order valence-corrected chi connectivity index (χ4v) is 2.61. The van der Waals surface area contributed by atoms with E-state index in [-0.39, 0.29) is 19.3 Å². The Morgan fingerprint density at radius 2 is 1.80 bits per heavy atom. The van der Waals surface area contributed by atoms with Gasteiger partial charge in [0.05, 0.1) is 23.3 Å². The van der Waals surface area contributed by atoms with E-state index in [1.807, 2.05) is 24.1 Å². The molecular weight excluding hydrogens is 299 g/mol. The van der Waals surface area contributed by atoms with Crippen LogP contribution < -0.4 is 5.32 Å². The number of nitrogens with one attached hydrogen (secondary N) is 1. The van der Waals surface area contributed by atoms with Gasteiger partial charge in [-0.1, -0.05) is 35.3 Å². The molecule has 20 heavy (non-hydrogen) atoms. The average molecular weight is 321 g/mol. The molecule has 0 bridgehead atoms. The first-order valence-corrected chi connectivity index (χ1v) is 7.44. The zero-order valence-corrected chi connectivity index (χ0v) is 13.2. The Morgan fingerprint density at radius 3 is 2.35 bits per heavy atom. The van der Waals surface area contributed by atoms with Crippen molar-refractivity contribution in [3.05, 3.63) is 33.8 Å². The maximum absolute atomic E-state index is 9.01. The molecule has 0 saturated carbocycles. The minimum atomic E-state index is 0.0843. The number of hydrogen-bond donors (Lipinski definition) is 3. The van der Waals surface area contributed by atoms with E-state index in [1.54, 1.807) is 6.07 Å². The molecule has 0 saturated heterocycles. The zero-order chi connectivity index (χ0) is 15.0. The van der Waals surface area contributed by atoms with Crippen LogP contribution in [0, 0.1) is 0 Å². The van der Waals surface area contributed by atoms with Gasteiger partial charge < -0.3 is 15.5 Å². The molecule has 0 fully saturated rings. The molecule has 0 heterocycles. The van der Waals surface area contributed by atoms with Gasteiger partial charge in [-0.25, -0.2) is 0 Å². The Kier molecular flexibility index (Phi) is 8.45. The van der Waals surface area contributed by atoms with Crippen molar-refractivity contribution in [2.75, 3.05) is 39.9 Å². The fraction of sp³-hybridized carbons (Fsp3) is 0.571. The highest BCUT2D eigenvalue weighted by Gasteiger charge is 2.16. The smallest absolute Gasteiger partial charge is 0.0640 e. The summed E-state index contributed by atoms with van der Waals surface area (Å²) in [7, 11) is 1.88. The monoisotopic (exact) mass is 320 g/mol. The molecule has 0 radical (unpaired) electrons. The first-order chi connectivity index (χ1) is 9.63. The van der Waals surface area contributed by atoms with Gasteiger partial charge in [0, 0.05) is 25.7 Å². The number of rotatable bonds is 9. The third kappa shape index (κ3) is 5.20. The van der Waals surface area contributed by atoms with Crippen LogP contribution in [0.5, 0.6) is 0 Å². The number of nitrogens with zero attached hydrogens (tertiary/aromatic N) is 1. The van der Waals surface area contributed by atoms with Crippen molar-refractivity contribution in [1.29, 1.82) is 0 Å². The molecule has 0 spiro atoms. The van der Waals surface area contributed by atoms with Gasteiger partial charge in [-0.3, -0.25) is 4.90 Å². The van der Waals surface area contributed by atoms with Gasteiger partial charge in [0.1, 0.15) is 0 Å². The third-order valence-corrected chi connectivity index (χ3v) is 4.11. The number of aliphatic hydroxyl groups is 2. The van der Waals surface area contributed by atoms with Gasteiger partial charge in [0.15, 0.2) is 0 Å². The lowest BCUT2D eigenvalue weighted by atomic mass is 10.0. The summed E-state index contributed by atoms with van der Waals surface area (Å²) in [5, 5.41) is 22.4. The summed E-state index contributed by atoms with van der Waals surface area (Å²) in [6.45, 7) is 2.04. The van der Waals surface area contributed by atoms with Gasteiger partial charge in [0.2, 0.25) is 0 Å². The molecule has 6 heteroatoms. The van der Waals surface area contributed by atoms with Crippen LogP contribution in [0.1, 0.15) is 18.0 Å². The topological polar surface area (TPSA) is 55.7 Å². The predicted octanol–water partition coefficient (Wildman–Crippen LogP) is 1.93. The largest absolute Gasteiger partial charge is 0.395 e. The summed E-state index contributed by atoms with van der Waals surface area (Å²) in [6.07, 6.45) is 0.816. The Balaban J connectivity index is 2.69. The summed E-state index contributed by atoms with van der Waals surface area (Å²) < 4.78 is 0. The van der Waals surface area contributed by atoms with Gasteiger partial charge in [0.25, 0.3) is 0 Å². The summed E-state index contributed by atoms with van der Waals surface area (Å²) in [5.41, 5.74) is 0.967. The van der Waals surface area contributed by atoms with Crippen LogP contribution in [-0.2, 0) is 0 Å². The molecule has 0 aliphatic carbocycles. The highest BCUT2D eigenvalue weighted by atomic mass is 35.5. The molecule has 4 nitrogen and oxygen atoms in total. The van der Waals surface area contributed by atoms with Crippen LogP contribution >= 0.6 is 23.2 Å². The van der Waals surface area contributed by atoms with Crippen molar-refractivity contribution in [2.24, 2.45) is 0 Å². The predicted molar refractivity (Wildman–Crippen MR) is 83.5 cm³/mol. The van der Waals surface area contributed by atoms with E-state index < -0.39 is 0 Å². The van der Waals surface area contributed by atoms with Gasteiger partial charge in [-0.2, -0.15) is 0 Å². The van der Waals surface area contributed by atoms with Crippen LogP contribution in [0.2, 0.25) is 10.0 Å². The minimum absolute atomic E-state index is 0.0843. The summed E-state index contributed by atoms with van der Waals surface area (Å²) in [6, 6.07) is 5.69. The number of hydrogen-bond acceptors (Lipinski definition) is 4. The van der Waals surface area contributed by atoms with Crippen molar-refractivity contribution in [2.45, 2.75) is 12.5 Å². The molecule has 0 aliphatic heterocycles. The van der Waals surface area contributed by atoms with Crippen molar-refractivity contribution in [1.82, 2.24) is 10.2 Å². The van der Waals surface area contributed by atoms with Crippen LogP contribution in [0.15, 0.2) is 18.2 Å². The SMILES string of the molecule is CNC(CCN(CCO)CCO)c1cccc(Cl)c1Cl. The third-order valence-electron chi connectivity index (χ3n) is 3.27. The fourth-order valence-electron chi connectivity index (χ4n) is 2.17. The van der Waals surface area contributed by atoms with E-state index in [0.717, 1.165) is 18.5 Å². The van der Waals surface area contributed by atoms with Crippen molar-refractivity contribution in [3.8, 4) is 0 Å². The highest BCUT2D eigenvalue weighted by molar-refractivity contribution is 6.42. The van der Waals surface area contributed by atoms with E-state index in [4.69, 9.17) is 33.4 Å². The minimum Gasteiger partial charge on any atom is -0.395 e. The lowest BCUT2D eigenvalue weighted by Crippen LogP contribution is -2.33. The molecule has 0 amide bonds. The second-order valence-corrected chi connectivity index (χ2v) is 5.35. The van der Waals surface area contributed by atoms with Gasteiger partial charge in [-0.15, -0.1) is 0 Å². The molecule has 114 valence electrons. The Bertz CT molecular complexity index is 399. The van der Waals surface area contributed by atoms with Crippen LogP contribution in [0.3, 0.4) is 0 Å². The van der Waals surface area contributed by atoms with Crippen molar-refractivity contribution < 1.29 is 10.2 Å². The molecule has 3 N–H and O–H groups in total. The van der Waals surface area contributed by atoms with Crippen molar-refractivity contribution in [3.63, 3.8) is 0 Å². The second kappa shape index (κ2) is 9.55. The molecule has 1 rings (SSSR count). The van der Waals surface area contributed by atoms with Crippen LogP contribution in [0.25, 0.3) is 0 Å². The zero-order valence-electron chi connectivity index (χ0n) is 11.6. The standard InChI is InChI=1S/C14H22Cl2N2O2/c1-17-13(5-6-18(7-9-19)8-10-20)11-3-2-4-12(15)14(11)16/h2-4,13,17,19-20H,5-10H2,1H3. The van der Waals surface area contributed by atoms with E-state index in [1.165, 1.54) is 0 Å². The van der Waals surface area contributed by atoms with Gasteiger partial charge in [-0.05, 0) is 25.1 Å². The average Bonchev–Trinajstić information content (AvgIpc) is 2.44. The van der Waals surface area contributed by atoms with Crippen molar-refractivity contribution >= 4 is 23.2 Å². The molecule has 0 aliphatic rings.